The van der Waals surface area contributed by atoms with Crippen LogP contribution in [0.1, 0.15) is 42.5 Å². The number of carbonyl (C=O) groups excluding carboxylic acids is 2. The largest absolute Gasteiger partial charge is 0.494 e. The summed E-state index contributed by atoms with van der Waals surface area (Å²) in [6, 6.07) is 2.92. The molecule has 1 saturated carbocycles. The zero-order valence-electron chi connectivity index (χ0n) is 13.4. The van der Waals surface area contributed by atoms with E-state index in [-0.39, 0.29) is 29.9 Å². The number of Topliss-reactive ketones (excluding diaryl/α,β-unsaturated/α-hetero) is 1. The zero-order chi connectivity index (χ0) is 17.7. The van der Waals surface area contributed by atoms with Crippen molar-refractivity contribution in [3.63, 3.8) is 0 Å². The average molecular weight is 337 g/mol. The average Bonchev–Trinajstić information content (AvgIpc) is 3.35. The maximum atomic E-state index is 13.6. The third-order valence-corrected chi connectivity index (χ3v) is 3.95. The molecule has 0 saturated heterocycles. The van der Waals surface area contributed by atoms with E-state index in [9.17, 15) is 18.8 Å². The molecule has 1 atom stereocenters. The van der Waals surface area contributed by atoms with Crippen molar-refractivity contribution in [3.05, 3.63) is 29.6 Å². The maximum absolute atomic E-state index is 13.6. The first kappa shape index (κ1) is 17.9. The van der Waals surface area contributed by atoms with Gasteiger partial charge in [0.1, 0.15) is 6.04 Å². The number of carboxylic acid groups (broad SMARTS) is 1. The second-order valence-corrected chi connectivity index (χ2v) is 5.91. The van der Waals surface area contributed by atoms with Crippen LogP contribution in [0.5, 0.6) is 5.75 Å². The van der Waals surface area contributed by atoms with Crippen molar-refractivity contribution in [2.24, 2.45) is 5.92 Å². The molecule has 0 heterocycles. The summed E-state index contributed by atoms with van der Waals surface area (Å²) >= 11 is 0. The van der Waals surface area contributed by atoms with Crippen molar-refractivity contribution in [1.29, 1.82) is 0 Å². The van der Waals surface area contributed by atoms with E-state index >= 15 is 0 Å². The highest BCUT2D eigenvalue weighted by atomic mass is 19.1. The van der Waals surface area contributed by atoms with Gasteiger partial charge in [-0.2, -0.15) is 0 Å². The van der Waals surface area contributed by atoms with Crippen molar-refractivity contribution < 1.29 is 28.6 Å². The number of aliphatic carboxylic acids is 1. The van der Waals surface area contributed by atoms with Gasteiger partial charge in [-0.15, -0.1) is 0 Å². The molecule has 0 aromatic heterocycles. The molecule has 6 nitrogen and oxygen atoms in total. The summed E-state index contributed by atoms with van der Waals surface area (Å²) < 4.78 is 18.4. The van der Waals surface area contributed by atoms with Gasteiger partial charge in [0, 0.05) is 18.4 Å². The number of carboxylic acids is 1. The van der Waals surface area contributed by atoms with Crippen LogP contribution in [0.2, 0.25) is 0 Å². The van der Waals surface area contributed by atoms with E-state index < -0.39 is 23.7 Å². The molecule has 1 aliphatic rings. The molecule has 1 aromatic carbocycles. The van der Waals surface area contributed by atoms with E-state index in [4.69, 9.17) is 9.84 Å². The minimum Gasteiger partial charge on any atom is -0.494 e. The van der Waals surface area contributed by atoms with E-state index in [1.807, 2.05) is 0 Å². The number of halogens is 1. The molecule has 130 valence electrons. The molecule has 1 unspecified atom stereocenters. The van der Waals surface area contributed by atoms with Crippen LogP contribution in [0, 0.1) is 11.7 Å². The number of rotatable bonds is 9. The molecule has 1 aliphatic carbocycles. The molecule has 1 aromatic rings. The predicted octanol–water partition coefficient (Wildman–Crippen LogP) is 2.17. The van der Waals surface area contributed by atoms with Crippen LogP contribution in [-0.2, 0) is 9.59 Å². The van der Waals surface area contributed by atoms with Crippen molar-refractivity contribution in [3.8, 4) is 5.75 Å². The van der Waals surface area contributed by atoms with Crippen LogP contribution in [0.25, 0.3) is 0 Å². The summed E-state index contributed by atoms with van der Waals surface area (Å²) in [5, 5.41) is 11.5. The zero-order valence-corrected chi connectivity index (χ0v) is 13.4. The van der Waals surface area contributed by atoms with E-state index in [0.29, 0.717) is 12.3 Å². The molecule has 2 rings (SSSR count). The van der Waals surface area contributed by atoms with Crippen LogP contribution in [0.4, 0.5) is 4.39 Å². The Bertz CT molecular complexity index is 642. The van der Waals surface area contributed by atoms with E-state index in [0.717, 1.165) is 18.9 Å². The normalized spacial score (nSPS) is 14.8. The highest BCUT2D eigenvalue weighted by Crippen LogP contribution is 2.33. The molecule has 0 bridgehead atoms. The molecule has 0 aliphatic heterocycles. The van der Waals surface area contributed by atoms with E-state index in [1.165, 1.54) is 19.2 Å². The van der Waals surface area contributed by atoms with Gasteiger partial charge in [0.25, 0.3) is 0 Å². The van der Waals surface area contributed by atoms with Crippen LogP contribution < -0.4 is 10.1 Å². The summed E-state index contributed by atoms with van der Waals surface area (Å²) in [5.41, 5.74) is 0.147. The van der Waals surface area contributed by atoms with Crippen LogP contribution in [0.3, 0.4) is 0 Å². The number of carbonyl (C=O) groups is 3. The van der Waals surface area contributed by atoms with Crippen LogP contribution >= 0.6 is 0 Å². The topological polar surface area (TPSA) is 92.7 Å². The van der Waals surface area contributed by atoms with Crippen LogP contribution in [-0.4, -0.2) is 35.9 Å². The molecular formula is C17H20FNO5. The number of hydrogen-bond donors (Lipinski definition) is 2. The smallest absolute Gasteiger partial charge is 0.326 e. The lowest BCUT2D eigenvalue weighted by atomic mass is 10.1. The molecule has 0 spiro atoms. The Kier molecular flexibility index (Phi) is 5.89. The molecule has 1 fully saturated rings. The third-order valence-electron chi connectivity index (χ3n) is 3.95. The molecule has 24 heavy (non-hydrogen) atoms. The van der Waals surface area contributed by atoms with Gasteiger partial charge in [-0.3, -0.25) is 9.59 Å². The molecule has 0 radical (unpaired) electrons. The molecule has 1 amide bonds. The minimum atomic E-state index is -1.07. The Morgan fingerprint density at radius 1 is 1.33 bits per heavy atom. The second-order valence-electron chi connectivity index (χ2n) is 5.91. The highest BCUT2D eigenvalue weighted by molar-refractivity contribution is 5.98. The second kappa shape index (κ2) is 7.90. The van der Waals surface area contributed by atoms with Crippen molar-refractivity contribution in [1.82, 2.24) is 5.32 Å². The van der Waals surface area contributed by atoms with Crippen molar-refractivity contribution in [2.45, 2.75) is 38.1 Å². The van der Waals surface area contributed by atoms with Gasteiger partial charge in [0.2, 0.25) is 5.91 Å². The number of benzene rings is 1. The Hall–Kier alpha value is -2.44. The maximum Gasteiger partial charge on any atom is 0.326 e. The van der Waals surface area contributed by atoms with Gasteiger partial charge < -0.3 is 15.2 Å². The van der Waals surface area contributed by atoms with Crippen molar-refractivity contribution in [2.75, 3.05) is 7.11 Å². The number of ketones is 1. The van der Waals surface area contributed by atoms with Gasteiger partial charge in [0.05, 0.1) is 7.11 Å². The van der Waals surface area contributed by atoms with E-state index in [1.54, 1.807) is 0 Å². The Morgan fingerprint density at radius 3 is 2.58 bits per heavy atom. The fourth-order valence-corrected chi connectivity index (χ4v) is 2.39. The first-order valence-corrected chi connectivity index (χ1v) is 7.79. The number of amides is 1. The lowest BCUT2D eigenvalue weighted by molar-refractivity contribution is -0.142. The third kappa shape index (κ3) is 5.04. The Morgan fingerprint density at radius 2 is 2.04 bits per heavy atom. The number of methoxy groups -OCH3 is 1. The lowest BCUT2D eigenvalue weighted by Gasteiger charge is -2.13. The predicted molar refractivity (Wildman–Crippen MR) is 83.4 cm³/mol. The number of nitrogens with one attached hydrogen (secondary N) is 1. The minimum absolute atomic E-state index is 0.0358. The van der Waals surface area contributed by atoms with Gasteiger partial charge in [-0.25, -0.2) is 9.18 Å². The molecule has 2 N–H and O–H groups in total. The number of ether oxygens (including phenoxy) is 1. The Balaban J connectivity index is 1.84. The van der Waals surface area contributed by atoms with Crippen molar-refractivity contribution >= 4 is 17.7 Å². The SMILES string of the molecule is COc1ccc(C(=O)CCC(=O)NC(CC2CC2)C(=O)O)cc1F. The number of hydrogen-bond acceptors (Lipinski definition) is 4. The molecular weight excluding hydrogens is 317 g/mol. The van der Waals surface area contributed by atoms with Gasteiger partial charge in [-0.05, 0) is 30.5 Å². The van der Waals surface area contributed by atoms with Crippen LogP contribution in [0.15, 0.2) is 18.2 Å². The van der Waals surface area contributed by atoms with Gasteiger partial charge in [0.15, 0.2) is 17.3 Å². The summed E-state index contributed by atoms with van der Waals surface area (Å²) in [5.74, 6) is -2.21. The molecule has 7 heteroatoms. The standard InChI is InChI=1S/C17H20FNO5/c1-24-15-6-4-11(9-12(15)18)14(20)5-7-16(21)19-13(17(22)23)8-10-2-3-10/h4,6,9-10,13H,2-3,5,7-8H2,1H3,(H,19,21)(H,22,23). The fraction of sp³-hybridized carbons (Fsp3) is 0.471. The first-order chi connectivity index (χ1) is 11.4. The quantitative estimate of drug-likeness (QED) is 0.674. The summed E-state index contributed by atoms with van der Waals surface area (Å²) in [7, 11) is 1.32. The monoisotopic (exact) mass is 337 g/mol. The summed E-state index contributed by atoms with van der Waals surface area (Å²) in [4.78, 5) is 35.0. The fourth-order valence-electron chi connectivity index (χ4n) is 2.39. The van der Waals surface area contributed by atoms with E-state index in [2.05, 4.69) is 5.32 Å². The van der Waals surface area contributed by atoms with Gasteiger partial charge in [-0.1, -0.05) is 12.8 Å². The first-order valence-electron chi connectivity index (χ1n) is 7.79. The van der Waals surface area contributed by atoms with Gasteiger partial charge >= 0.3 is 5.97 Å². The highest BCUT2D eigenvalue weighted by Gasteiger charge is 2.30. The summed E-state index contributed by atoms with van der Waals surface area (Å²) in [6.07, 6.45) is 2.13. The Labute approximate surface area is 139 Å². The summed E-state index contributed by atoms with van der Waals surface area (Å²) in [6.45, 7) is 0. The lowest BCUT2D eigenvalue weighted by Crippen LogP contribution is -2.41.